The first kappa shape index (κ1) is 16.8. The van der Waals surface area contributed by atoms with Crippen molar-refractivity contribution in [2.45, 2.75) is 30.4 Å². The molecule has 0 aliphatic rings. The van der Waals surface area contributed by atoms with Gasteiger partial charge in [-0.05, 0) is 13.3 Å². The summed E-state index contributed by atoms with van der Waals surface area (Å²) in [6.07, 6.45) is 1.93. The summed E-state index contributed by atoms with van der Waals surface area (Å²) >= 11 is 0. The molecule has 10 heteroatoms. The Kier molecular flexibility index (Phi) is 5.42. The second kappa shape index (κ2) is 6.46. The molecule has 8 nitrogen and oxygen atoms in total. The number of aryl methyl sites for hydroxylation is 1. The molecule has 0 saturated carbocycles. The lowest BCUT2D eigenvalue weighted by Crippen LogP contribution is -2.29. The van der Waals surface area contributed by atoms with E-state index in [0.717, 1.165) is 0 Å². The van der Waals surface area contributed by atoms with Crippen LogP contribution >= 0.6 is 0 Å². The molecule has 0 amide bonds. The number of nitrogens with zero attached hydrogens (tertiary/aromatic N) is 1. The Morgan fingerprint density at radius 1 is 1.55 bits per heavy atom. The Bertz CT molecular complexity index is 623. The number of aromatic carboxylic acids is 1. The summed E-state index contributed by atoms with van der Waals surface area (Å²) in [4.78, 5) is 10.6. The minimum atomic E-state index is -3.97. The highest BCUT2D eigenvalue weighted by molar-refractivity contribution is 7.89. The quantitative estimate of drug-likeness (QED) is 0.640. The Labute approximate surface area is 119 Å². The molecule has 2 unspecified atom stereocenters. The molecule has 0 aliphatic heterocycles. The zero-order chi connectivity index (χ0) is 15.5. The summed E-state index contributed by atoms with van der Waals surface area (Å²) in [6, 6.07) is 0. The van der Waals surface area contributed by atoms with Crippen molar-refractivity contribution >= 4 is 26.8 Å². The first-order valence-corrected chi connectivity index (χ1v) is 8.87. The van der Waals surface area contributed by atoms with Crippen molar-refractivity contribution in [1.29, 1.82) is 0 Å². The van der Waals surface area contributed by atoms with Gasteiger partial charge in [0.25, 0.3) is 0 Å². The van der Waals surface area contributed by atoms with E-state index in [1.54, 1.807) is 13.2 Å². The summed E-state index contributed by atoms with van der Waals surface area (Å²) < 4.78 is 37.6. The summed E-state index contributed by atoms with van der Waals surface area (Å²) in [6.45, 7) is 3.25. The number of rotatable bonds is 7. The van der Waals surface area contributed by atoms with Gasteiger partial charge in [-0.3, -0.25) is 9.31 Å². The molecule has 1 heterocycles. The third-order valence-electron chi connectivity index (χ3n) is 2.77. The maximum absolute atomic E-state index is 12.1. The molecule has 0 spiro atoms. The van der Waals surface area contributed by atoms with Crippen LogP contribution in [0.1, 0.15) is 29.5 Å². The Balaban J connectivity index is 2.87. The number of nitrogens with one attached hydrogen (secondary N) is 2. The van der Waals surface area contributed by atoms with E-state index < -0.39 is 32.5 Å². The zero-order valence-electron chi connectivity index (χ0n) is 11.3. The highest BCUT2D eigenvalue weighted by Crippen LogP contribution is 2.17. The number of carboxylic acid groups (broad SMARTS) is 1. The van der Waals surface area contributed by atoms with Gasteiger partial charge >= 0.3 is 5.97 Å². The fourth-order valence-corrected chi connectivity index (χ4v) is 3.34. The summed E-state index contributed by atoms with van der Waals surface area (Å²) in [7, 11) is -5.01. The van der Waals surface area contributed by atoms with Crippen molar-refractivity contribution in [3.63, 3.8) is 0 Å². The van der Waals surface area contributed by atoms with Crippen molar-refractivity contribution in [2.75, 3.05) is 12.8 Å². The van der Waals surface area contributed by atoms with Gasteiger partial charge in [-0.25, -0.2) is 17.9 Å². The number of carboxylic acids is 1. The van der Waals surface area contributed by atoms with Gasteiger partial charge in [-0.2, -0.15) is 5.10 Å². The fourth-order valence-electron chi connectivity index (χ4n) is 1.53. The lowest BCUT2D eigenvalue weighted by Gasteiger charge is -2.10. The van der Waals surface area contributed by atoms with Crippen LogP contribution in [0.2, 0.25) is 0 Å². The van der Waals surface area contributed by atoms with Gasteiger partial charge in [-0.1, -0.05) is 6.92 Å². The van der Waals surface area contributed by atoms with E-state index in [1.165, 1.54) is 6.92 Å². The molecule has 2 atom stereocenters. The van der Waals surface area contributed by atoms with Crippen LogP contribution in [0.25, 0.3) is 0 Å². The molecule has 0 bridgehead atoms. The van der Waals surface area contributed by atoms with Crippen LogP contribution in [0.5, 0.6) is 0 Å². The number of aromatic amines is 1. The van der Waals surface area contributed by atoms with E-state index in [4.69, 9.17) is 5.11 Å². The SMILES string of the molecule is Cc1[nH]nc(C(=O)O)c1S(=O)(=O)NCCC(C)S(C)=O. The van der Waals surface area contributed by atoms with Gasteiger partial charge in [0.2, 0.25) is 10.0 Å². The smallest absolute Gasteiger partial charge is 0.357 e. The van der Waals surface area contributed by atoms with Gasteiger partial charge in [0, 0.05) is 28.9 Å². The normalized spacial score (nSPS) is 14.9. The van der Waals surface area contributed by atoms with E-state index in [1.807, 2.05) is 0 Å². The third kappa shape index (κ3) is 3.87. The molecule has 0 fully saturated rings. The molecule has 0 saturated heterocycles. The van der Waals surface area contributed by atoms with E-state index >= 15 is 0 Å². The van der Waals surface area contributed by atoms with Crippen LogP contribution in [0.15, 0.2) is 4.90 Å². The van der Waals surface area contributed by atoms with Crippen molar-refractivity contribution in [2.24, 2.45) is 0 Å². The van der Waals surface area contributed by atoms with Gasteiger partial charge in [0.05, 0.1) is 5.69 Å². The maximum atomic E-state index is 12.1. The molecule has 0 radical (unpaired) electrons. The van der Waals surface area contributed by atoms with E-state index in [-0.39, 0.29) is 22.4 Å². The van der Waals surface area contributed by atoms with Crippen molar-refractivity contribution in [1.82, 2.24) is 14.9 Å². The number of H-pyrrole nitrogens is 1. The molecular weight excluding hydrogens is 306 g/mol. The van der Waals surface area contributed by atoms with Gasteiger partial charge in [0.1, 0.15) is 4.90 Å². The molecule has 1 aromatic heterocycles. The van der Waals surface area contributed by atoms with E-state index in [9.17, 15) is 17.4 Å². The van der Waals surface area contributed by atoms with Gasteiger partial charge < -0.3 is 5.11 Å². The first-order valence-electron chi connectivity index (χ1n) is 5.77. The van der Waals surface area contributed by atoms with Crippen LogP contribution in [0, 0.1) is 6.92 Å². The highest BCUT2D eigenvalue weighted by atomic mass is 32.2. The van der Waals surface area contributed by atoms with E-state index in [0.29, 0.717) is 6.42 Å². The van der Waals surface area contributed by atoms with Crippen molar-refractivity contribution < 1.29 is 22.5 Å². The van der Waals surface area contributed by atoms with Crippen LogP contribution in [-0.4, -0.2) is 52.0 Å². The molecule has 3 N–H and O–H groups in total. The Hall–Kier alpha value is -1.26. The van der Waals surface area contributed by atoms with Crippen molar-refractivity contribution in [3.05, 3.63) is 11.4 Å². The molecule has 114 valence electrons. The lowest BCUT2D eigenvalue weighted by molar-refractivity contribution is 0.0686. The average Bonchev–Trinajstić information content (AvgIpc) is 2.71. The second-order valence-corrected chi connectivity index (χ2v) is 7.83. The molecule has 0 aliphatic carbocycles. The highest BCUT2D eigenvalue weighted by Gasteiger charge is 2.27. The average molecular weight is 323 g/mol. The predicted molar refractivity (Wildman–Crippen MR) is 73.6 cm³/mol. The van der Waals surface area contributed by atoms with Crippen LogP contribution < -0.4 is 4.72 Å². The topological polar surface area (TPSA) is 129 Å². The lowest BCUT2D eigenvalue weighted by atomic mass is 10.3. The van der Waals surface area contributed by atoms with Crippen molar-refractivity contribution in [3.8, 4) is 0 Å². The van der Waals surface area contributed by atoms with Gasteiger partial charge in [0.15, 0.2) is 5.69 Å². The van der Waals surface area contributed by atoms with E-state index in [2.05, 4.69) is 14.9 Å². The molecule has 0 aromatic carbocycles. The molecule has 20 heavy (non-hydrogen) atoms. The monoisotopic (exact) mass is 323 g/mol. The summed E-state index contributed by atoms with van der Waals surface area (Å²) in [5, 5.41) is 14.6. The second-order valence-electron chi connectivity index (χ2n) is 4.33. The number of carbonyl (C=O) groups is 1. The van der Waals surface area contributed by atoms with Gasteiger partial charge in [-0.15, -0.1) is 0 Å². The Morgan fingerprint density at radius 2 is 2.15 bits per heavy atom. The number of hydrogen-bond donors (Lipinski definition) is 3. The zero-order valence-corrected chi connectivity index (χ0v) is 13.0. The first-order chi connectivity index (χ1) is 9.16. The van der Waals surface area contributed by atoms with Crippen LogP contribution in [0.3, 0.4) is 0 Å². The Morgan fingerprint density at radius 3 is 2.65 bits per heavy atom. The number of aromatic nitrogens is 2. The minimum absolute atomic E-state index is 0.0761. The fraction of sp³-hybridized carbons (Fsp3) is 0.600. The third-order valence-corrected chi connectivity index (χ3v) is 5.76. The number of hydrogen-bond acceptors (Lipinski definition) is 5. The summed E-state index contributed by atoms with van der Waals surface area (Å²) in [5.74, 6) is -1.42. The predicted octanol–water partition coefficient (Wildman–Crippen LogP) is -0.148. The van der Waals surface area contributed by atoms with Crippen LogP contribution in [0.4, 0.5) is 0 Å². The molecular formula is C10H17N3O5S2. The van der Waals surface area contributed by atoms with Crippen LogP contribution in [-0.2, 0) is 20.8 Å². The minimum Gasteiger partial charge on any atom is -0.476 e. The summed E-state index contributed by atoms with van der Waals surface area (Å²) in [5.41, 5.74) is -0.385. The molecule has 1 aromatic rings. The molecule has 1 rings (SSSR count). The largest absolute Gasteiger partial charge is 0.476 e. The standard InChI is InChI=1S/C10H17N3O5S2/c1-6(19(3)16)4-5-11-20(17,18)9-7(2)12-13-8(9)10(14)15/h6,11H,4-5H2,1-3H3,(H,12,13)(H,14,15). The maximum Gasteiger partial charge on any atom is 0.357 e. The number of sulfonamides is 1.